The second-order valence-corrected chi connectivity index (χ2v) is 5.21. The predicted molar refractivity (Wildman–Crippen MR) is 79.3 cm³/mol. The molecule has 0 fully saturated rings. The van der Waals surface area contributed by atoms with E-state index in [0.717, 1.165) is 54.8 Å². The minimum absolute atomic E-state index is 0.229. The fourth-order valence-corrected chi connectivity index (χ4v) is 2.66. The van der Waals surface area contributed by atoms with Crippen LogP contribution in [0.15, 0.2) is 24.3 Å². The lowest BCUT2D eigenvalue weighted by Crippen LogP contribution is -2.13. The van der Waals surface area contributed by atoms with Crippen LogP contribution in [-0.4, -0.2) is 15.7 Å². The number of benzene rings is 1. The van der Waals surface area contributed by atoms with Crippen LogP contribution in [0, 0.1) is 11.6 Å². The van der Waals surface area contributed by atoms with E-state index in [1.54, 1.807) is 11.7 Å². The lowest BCUT2D eigenvalue weighted by atomic mass is 10.2. The molecule has 0 radical (unpaired) electrons. The first-order chi connectivity index (χ1) is 10.6. The van der Waals surface area contributed by atoms with E-state index >= 15 is 0 Å². The topological polar surface area (TPSA) is 46.9 Å². The van der Waals surface area contributed by atoms with Gasteiger partial charge in [-0.05, 0) is 37.5 Å². The molecule has 3 rings (SSSR count). The molecule has 1 heterocycles. The number of anilines is 1. The van der Waals surface area contributed by atoms with Crippen LogP contribution in [0.2, 0.25) is 0 Å². The first kappa shape index (κ1) is 14.4. The molecule has 4 nitrogen and oxygen atoms in total. The number of nitrogens with one attached hydrogen (secondary N) is 1. The zero-order valence-corrected chi connectivity index (χ0v) is 12.1. The average molecular weight is 303 g/mol. The van der Waals surface area contributed by atoms with Gasteiger partial charge in [0.25, 0.3) is 0 Å². The first-order valence-electron chi connectivity index (χ1n) is 7.04. The Morgan fingerprint density at radius 2 is 2.05 bits per heavy atom. The number of fused-ring (bicyclic) bond motifs is 1. The lowest BCUT2D eigenvalue weighted by Gasteiger charge is -2.05. The van der Waals surface area contributed by atoms with Gasteiger partial charge in [-0.25, -0.2) is 8.78 Å². The quantitative estimate of drug-likeness (QED) is 0.886. The third-order valence-electron chi connectivity index (χ3n) is 3.71. The van der Waals surface area contributed by atoms with E-state index < -0.39 is 17.5 Å². The van der Waals surface area contributed by atoms with Crippen LogP contribution in [0.5, 0.6) is 0 Å². The summed E-state index contributed by atoms with van der Waals surface area (Å²) >= 11 is 0. The minimum Gasteiger partial charge on any atom is -0.307 e. The molecule has 2 aromatic rings. The zero-order chi connectivity index (χ0) is 15.7. The van der Waals surface area contributed by atoms with Crippen molar-refractivity contribution in [2.45, 2.75) is 19.3 Å². The number of rotatable bonds is 3. The van der Waals surface area contributed by atoms with Crippen molar-refractivity contribution in [3.8, 4) is 0 Å². The predicted octanol–water partition coefficient (Wildman–Crippen LogP) is 2.84. The largest absolute Gasteiger partial charge is 0.307 e. The summed E-state index contributed by atoms with van der Waals surface area (Å²) in [7, 11) is 1.76. The van der Waals surface area contributed by atoms with Gasteiger partial charge in [0.2, 0.25) is 5.91 Å². The van der Waals surface area contributed by atoms with E-state index in [1.807, 2.05) is 0 Å². The van der Waals surface area contributed by atoms with Crippen LogP contribution >= 0.6 is 0 Å². The summed E-state index contributed by atoms with van der Waals surface area (Å²) in [5, 5.41) is 7.08. The van der Waals surface area contributed by atoms with Crippen molar-refractivity contribution in [3.05, 3.63) is 52.7 Å². The molecular formula is C16H15F2N3O. The molecule has 1 amide bonds. The number of nitrogens with zero attached hydrogens (tertiary/aromatic N) is 2. The summed E-state index contributed by atoms with van der Waals surface area (Å²) in [6, 6.07) is 3.57. The van der Waals surface area contributed by atoms with E-state index in [0.29, 0.717) is 5.82 Å². The van der Waals surface area contributed by atoms with E-state index in [2.05, 4.69) is 10.4 Å². The molecule has 0 unspecified atom stereocenters. The fraction of sp³-hybridized carbons (Fsp3) is 0.250. The molecule has 0 spiro atoms. The van der Waals surface area contributed by atoms with Gasteiger partial charge in [-0.3, -0.25) is 9.48 Å². The summed E-state index contributed by atoms with van der Waals surface area (Å²) in [5.74, 6) is -1.20. The number of hydrogen-bond acceptors (Lipinski definition) is 2. The van der Waals surface area contributed by atoms with Gasteiger partial charge in [0.1, 0.15) is 17.5 Å². The Morgan fingerprint density at radius 1 is 1.32 bits per heavy atom. The van der Waals surface area contributed by atoms with Gasteiger partial charge in [0.15, 0.2) is 0 Å². The molecule has 0 atom stereocenters. The van der Waals surface area contributed by atoms with Gasteiger partial charge < -0.3 is 5.32 Å². The highest BCUT2D eigenvalue weighted by Gasteiger charge is 2.21. The van der Waals surface area contributed by atoms with Gasteiger partial charge in [0, 0.05) is 24.3 Å². The number of carbonyl (C=O) groups is 1. The molecule has 0 saturated carbocycles. The highest BCUT2D eigenvalue weighted by atomic mass is 19.1. The summed E-state index contributed by atoms with van der Waals surface area (Å²) < 4.78 is 28.6. The van der Waals surface area contributed by atoms with Crippen molar-refractivity contribution < 1.29 is 13.6 Å². The minimum atomic E-state index is -0.703. The highest BCUT2D eigenvalue weighted by molar-refractivity contribution is 6.02. The molecule has 114 valence electrons. The van der Waals surface area contributed by atoms with Gasteiger partial charge in [-0.1, -0.05) is 6.07 Å². The van der Waals surface area contributed by atoms with E-state index in [1.165, 1.54) is 6.07 Å². The molecule has 0 saturated heterocycles. The number of amides is 1. The first-order valence-corrected chi connectivity index (χ1v) is 7.04. The van der Waals surface area contributed by atoms with Crippen LogP contribution in [0.4, 0.5) is 14.6 Å². The zero-order valence-electron chi connectivity index (χ0n) is 12.1. The van der Waals surface area contributed by atoms with Crippen molar-refractivity contribution in [2.75, 3.05) is 5.32 Å². The Bertz CT molecular complexity index is 745. The number of aryl methyl sites for hydroxylation is 2. The van der Waals surface area contributed by atoms with Crippen molar-refractivity contribution >= 4 is 17.8 Å². The SMILES string of the molecule is Cn1nc2c(c1NC(=O)/C=C\c1c(F)cccc1F)CCC2. The Morgan fingerprint density at radius 3 is 2.77 bits per heavy atom. The molecular weight excluding hydrogens is 288 g/mol. The lowest BCUT2D eigenvalue weighted by molar-refractivity contribution is -0.111. The Kier molecular flexibility index (Phi) is 3.75. The van der Waals surface area contributed by atoms with Crippen LogP contribution in [0.25, 0.3) is 6.08 Å². The fourth-order valence-electron chi connectivity index (χ4n) is 2.66. The maximum Gasteiger partial charge on any atom is 0.249 e. The summed E-state index contributed by atoms with van der Waals surface area (Å²) in [6.07, 6.45) is 5.07. The van der Waals surface area contributed by atoms with Crippen molar-refractivity contribution in [2.24, 2.45) is 7.05 Å². The standard InChI is InChI=1S/C16H15F2N3O/c1-21-16(11-4-2-7-14(11)20-21)19-15(22)9-8-10-12(17)5-3-6-13(10)18/h3,5-6,8-9H,2,4,7H2,1H3,(H,19,22)/b9-8-. The average Bonchev–Trinajstić information content (AvgIpc) is 3.01. The monoisotopic (exact) mass is 303 g/mol. The number of halogens is 2. The van der Waals surface area contributed by atoms with Gasteiger partial charge in [0.05, 0.1) is 5.69 Å². The maximum absolute atomic E-state index is 13.5. The van der Waals surface area contributed by atoms with Gasteiger partial charge in [-0.15, -0.1) is 0 Å². The molecule has 0 bridgehead atoms. The second kappa shape index (κ2) is 5.71. The van der Waals surface area contributed by atoms with Crippen molar-refractivity contribution in [1.29, 1.82) is 0 Å². The summed E-state index contributed by atoms with van der Waals surface area (Å²) in [6.45, 7) is 0. The smallest absolute Gasteiger partial charge is 0.249 e. The van der Waals surface area contributed by atoms with Crippen LogP contribution < -0.4 is 5.32 Å². The van der Waals surface area contributed by atoms with E-state index in [-0.39, 0.29) is 5.56 Å². The molecule has 6 heteroatoms. The van der Waals surface area contributed by atoms with Crippen molar-refractivity contribution in [1.82, 2.24) is 9.78 Å². The Labute approximate surface area is 126 Å². The molecule has 0 aliphatic heterocycles. The van der Waals surface area contributed by atoms with Crippen LogP contribution in [0.1, 0.15) is 23.2 Å². The Hall–Kier alpha value is -2.50. The molecule has 1 aliphatic carbocycles. The molecule has 1 N–H and O–H groups in total. The van der Waals surface area contributed by atoms with Gasteiger partial charge >= 0.3 is 0 Å². The van der Waals surface area contributed by atoms with E-state index in [9.17, 15) is 13.6 Å². The molecule has 22 heavy (non-hydrogen) atoms. The van der Waals surface area contributed by atoms with Crippen molar-refractivity contribution in [3.63, 3.8) is 0 Å². The molecule has 1 aromatic heterocycles. The van der Waals surface area contributed by atoms with E-state index in [4.69, 9.17) is 0 Å². The summed E-state index contributed by atoms with van der Waals surface area (Å²) in [4.78, 5) is 12.0. The maximum atomic E-state index is 13.5. The number of carbonyl (C=O) groups excluding carboxylic acids is 1. The molecule has 1 aromatic carbocycles. The second-order valence-electron chi connectivity index (χ2n) is 5.21. The normalized spacial score (nSPS) is 13.6. The molecule has 1 aliphatic rings. The highest BCUT2D eigenvalue weighted by Crippen LogP contribution is 2.28. The number of aromatic nitrogens is 2. The van der Waals surface area contributed by atoms with Gasteiger partial charge in [-0.2, -0.15) is 5.10 Å². The summed E-state index contributed by atoms with van der Waals surface area (Å²) in [5.41, 5.74) is 1.82. The van der Waals surface area contributed by atoms with Crippen LogP contribution in [-0.2, 0) is 24.7 Å². The third-order valence-corrected chi connectivity index (χ3v) is 3.71. The third kappa shape index (κ3) is 2.64. The Balaban J connectivity index is 1.77. The van der Waals surface area contributed by atoms with Crippen LogP contribution in [0.3, 0.4) is 0 Å². The number of hydrogen-bond donors (Lipinski definition) is 1.